The highest BCUT2D eigenvalue weighted by Crippen LogP contribution is 2.22. The van der Waals surface area contributed by atoms with Gasteiger partial charge in [-0.2, -0.15) is 5.26 Å². The molecule has 1 fully saturated rings. The first-order valence-electron chi connectivity index (χ1n) is 4.51. The molecule has 0 aromatic rings. The molecule has 3 nitrogen and oxygen atoms in total. The van der Waals surface area contributed by atoms with E-state index in [0.29, 0.717) is 12.5 Å². The van der Waals surface area contributed by atoms with Crippen LogP contribution in [0.15, 0.2) is 0 Å². The first kappa shape index (κ1) is 9.05. The van der Waals surface area contributed by atoms with Crippen LogP contribution in [0, 0.1) is 17.2 Å². The number of carbonyl (C=O) groups is 1. The SMILES string of the molecule is N#CC(=O)NCC1CCCCC1. The molecule has 0 aliphatic heterocycles. The summed E-state index contributed by atoms with van der Waals surface area (Å²) in [5, 5.41) is 10.8. The van der Waals surface area contributed by atoms with E-state index in [1.54, 1.807) is 6.07 Å². The van der Waals surface area contributed by atoms with E-state index < -0.39 is 5.91 Å². The van der Waals surface area contributed by atoms with Crippen molar-refractivity contribution in [3.63, 3.8) is 0 Å². The van der Waals surface area contributed by atoms with Gasteiger partial charge in [-0.25, -0.2) is 0 Å². The summed E-state index contributed by atoms with van der Waals surface area (Å²) in [6.45, 7) is 0.687. The Hall–Kier alpha value is -1.04. The fraction of sp³-hybridized carbons (Fsp3) is 0.778. The molecule has 0 spiro atoms. The molecule has 1 N–H and O–H groups in total. The van der Waals surface area contributed by atoms with Crippen molar-refractivity contribution >= 4 is 5.91 Å². The minimum absolute atomic E-state index is 0.499. The maximum absolute atomic E-state index is 10.6. The third-order valence-electron chi connectivity index (χ3n) is 2.38. The van der Waals surface area contributed by atoms with Gasteiger partial charge in [0.1, 0.15) is 0 Å². The Kier molecular flexibility index (Phi) is 3.59. The Morgan fingerprint density at radius 1 is 1.42 bits per heavy atom. The monoisotopic (exact) mass is 166 g/mol. The highest BCUT2D eigenvalue weighted by atomic mass is 16.1. The molecular weight excluding hydrogens is 152 g/mol. The predicted octanol–water partition coefficient (Wildman–Crippen LogP) is 1.21. The molecule has 12 heavy (non-hydrogen) atoms. The summed E-state index contributed by atoms with van der Waals surface area (Å²) in [5.41, 5.74) is 0. The highest BCUT2D eigenvalue weighted by molar-refractivity contribution is 5.91. The minimum Gasteiger partial charge on any atom is -0.343 e. The molecule has 1 saturated carbocycles. The van der Waals surface area contributed by atoms with Gasteiger partial charge in [0.2, 0.25) is 0 Å². The van der Waals surface area contributed by atoms with Gasteiger partial charge in [0.05, 0.1) is 0 Å². The van der Waals surface area contributed by atoms with Crippen LogP contribution in [-0.2, 0) is 4.79 Å². The number of nitrogens with zero attached hydrogens (tertiary/aromatic N) is 1. The Bertz CT molecular complexity index is 189. The van der Waals surface area contributed by atoms with E-state index in [1.807, 2.05) is 0 Å². The second-order valence-electron chi connectivity index (χ2n) is 3.33. The molecule has 0 unspecified atom stereocenters. The van der Waals surface area contributed by atoms with Gasteiger partial charge in [0.15, 0.2) is 6.07 Å². The predicted molar refractivity (Wildman–Crippen MR) is 45.2 cm³/mol. The van der Waals surface area contributed by atoms with Gasteiger partial charge < -0.3 is 5.32 Å². The van der Waals surface area contributed by atoms with Crippen molar-refractivity contribution < 1.29 is 4.79 Å². The summed E-state index contributed by atoms with van der Waals surface area (Å²) in [7, 11) is 0. The minimum atomic E-state index is -0.499. The Morgan fingerprint density at radius 3 is 2.67 bits per heavy atom. The van der Waals surface area contributed by atoms with Crippen LogP contribution in [0.3, 0.4) is 0 Å². The molecule has 0 atom stereocenters. The lowest BCUT2D eigenvalue weighted by Crippen LogP contribution is -2.28. The van der Waals surface area contributed by atoms with Crippen LogP contribution in [0.4, 0.5) is 0 Å². The van der Waals surface area contributed by atoms with E-state index in [9.17, 15) is 4.79 Å². The van der Waals surface area contributed by atoms with Crippen molar-refractivity contribution in [1.82, 2.24) is 5.32 Å². The zero-order valence-electron chi connectivity index (χ0n) is 7.18. The average Bonchev–Trinajstić information content (AvgIpc) is 2.16. The Balaban J connectivity index is 2.14. The molecule has 1 rings (SSSR count). The number of rotatable bonds is 2. The van der Waals surface area contributed by atoms with Crippen molar-refractivity contribution in [3.8, 4) is 6.07 Å². The van der Waals surface area contributed by atoms with Crippen LogP contribution in [0.25, 0.3) is 0 Å². The normalized spacial score (nSPS) is 18.2. The molecule has 66 valence electrons. The molecule has 0 bridgehead atoms. The number of nitrogens with one attached hydrogen (secondary N) is 1. The molecule has 1 aliphatic carbocycles. The number of nitriles is 1. The van der Waals surface area contributed by atoms with E-state index in [2.05, 4.69) is 5.32 Å². The molecule has 1 aliphatic rings. The number of carbonyl (C=O) groups excluding carboxylic acids is 1. The topological polar surface area (TPSA) is 52.9 Å². The second-order valence-corrected chi connectivity index (χ2v) is 3.33. The van der Waals surface area contributed by atoms with Crippen molar-refractivity contribution in [1.29, 1.82) is 5.26 Å². The van der Waals surface area contributed by atoms with Gasteiger partial charge in [-0.05, 0) is 18.8 Å². The first-order chi connectivity index (χ1) is 5.83. The van der Waals surface area contributed by atoms with E-state index in [0.717, 1.165) is 0 Å². The zero-order valence-corrected chi connectivity index (χ0v) is 7.18. The van der Waals surface area contributed by atoms with Gasteiger partial charge in [-0.15, -0.1) is 0 Å². The van der Waals surface area contributed by atoms with Crippen LogP contribution in [0.1, 0.15) is 32.1 Å². The molecular formula is C9H14N2O. The lowest BCUT2D eigenvalue weighted by atomic mass is 9.89. The maximum Gasteiger partial charge on any atom is 0.322 e. The Labute approximate surface area is 72.8 Å². The number of hydrogen-bond donors (Lipinski definition) is 1. The van der Waals surface area contributed by atoms with Gasteiger partial charge in [-0.3, -0.25) is 4.79 Å². The summed E-state index contributed by atoms with van der Waals surface area (Å²) < 4.78 is 0. The molecule has 3 heteroatoms. The number of hydrogen-bond acceptors (Lipinski definition) is 2. The number of amides is 1. The van der Waals surface area contributed by atoms with Gasteiger partial charge in [0.25, 0.3) is 0 Å². The fourth-order valence-electron chi connectivity index (χ4n) is 1.67. The molecule has 0 heterocycles. The van der Waals surface area contributed by atoms with Crippen LogP contribution >= 0.6 is 0 Å². The largest absolute Gasteiger partial charge is 0.343 e. The second kappa shape index (κ2) is 4.76. The lowest BCUT2D eigenvalue weighted by Gasteiger charge is -2.20. The lowest BCUT2D eigenvalue weighted by molar-refractivity contribution is -0.116. The smallest absolute Gasteiger partial charge is 0.322 e. The van der Waals surface area contributed by atoms with Crippen LogP contribution in [0.2, 0.25) is 0 Å². The zero-order chi connectivity index (χ0) is 8.81. The van der Waals surface area contributed by atoms with Crippen molar-refractivity contribution in [3.05, 3.63) is 0 Å². The van der Waals surface area contributed by atoms with Crippen LogP contribution < -0.4 is 5.32 Å². The summed E-state index contributed by atoms with van der Waals surface area (Å²) in [6.07, 6.45) is 6.26. The first-order valence-corrected chi connectivity index (χ1v) is 4.51. The van der Waals surface area contributed by atoms with Crippen LogP contribution in [0.5, 0.6) is 0 Å². The van der Waals surface area contributed by atoms with Crippen LogP contribution in [-0.4, -0.2) is 12.5 Å². The quantitative estimate of drug-likeness (QED) is 0.627. The average molecular weight is 166 g/mol. The molecule has 0 saturated heterocycles. The van der Waals surface area contributed by atoms with E-state index in [1.165, 1.54) is 32.1 Å². The summed E-state index contributed by atoms with van der Waals surface area (Å²) in [6, 6.07) is 1.55. The summed E-state index contributed by atoms with van der Waals surface area (Å²) in [4.78, 5) is 10.6. The van der Waals surface area contributed by atoms with Gasteiger partial charge in [-0.1, -0.05) is 19.3 Å². The maximum atomic E-state index is 10.6. The van der Waals surface area contributed by atoms with Crippen molar-refractivity contribution in [2.45, 2.75) is 32.1 Å². The van der Waals surface area contributed by atoms with Gasteiger partial charge in [0, 0.05) is 6.54 Å². The fourth-order valence-corrected chi connectivity index (χ4v) is 1.67. The molecule has 0 aromatic carbocycles. The van der Waals surface area contributed by atoms with Gasteiger partial charge >= 0.3 is 5.91 Å². The molecule has 1 amide bonds. The van der Waals surface area contributed by atoms with Crippen molar-refractivity contribution in [2.24, 2.45) is 5.92 Å². The third kappa shape index (κ3) is 2.91. The van der Waals surface area contributed by atoms with E-state index in [-0.39, 0.29) is 0 Å². The Morgan fingerprint density at radius 2 is 2.08 bits per heavy atom. The third-order valence-corrected chi connectivity index (χ3v) is 2.38. The van der Waals surface area contributed by atoms with Crippen molar-refractivity contribution in [2.75, 3.05) is 6.54 Å². The molecule has 0 radical (unpaired) electrons. The summed E-state index contributed by atoms with van der Waals surface area (Å²) in [5.74, 6) is 0.108. The highest BCUT2D eigenvalue weighted by Gasteiger charge is 2.13. The standard InChI is InChI=1S/C9H14N2O/c10-6-9(12)11-7-8-4-2-1-3-5-8/h8H,1-5,7H2,(H,11,12). The van der Waals surface area contributed by atoms with E-state index in [4.69, 9.17) is 5.26 Å². The van der Waals surface area contributed by atoms with E-state index >= 15 is 0 Å². The molecule has 0 aromatic heterocycles. The summed E-state index contributed by atoms with van der Waals surface area (Å²) >= 11 is 0.